The van der Waals surface area contributed by atoms with Gasteiger partial charge < -0.3 is 10.0 Å². The van der Waals surface area contributed by atoms with Crippen molar-refractivity contribution in [3.8, 4) is 0 Å². The second kappa shape index (κ2) is 6.24. The Hall–Kier alpha value is -1.77. The highest BCUT2D eigenvalue weighted by Gasteiger charge is 2.12. The molecule has 0 aliphatic heterocycles. The second-order valence-electron chi connectivity index (χ2n) is 4.63. The molecule has 0 aliphatic rings. The third-order valence-electron chi connectivity index (χ3n) is 2.90. The normalized spacial score (nSPS) is 10.2. The molecule has 0 aliphatic carbocycles. The van der Waals surface area contributed by atoms with Crippen molar-refractivity contribution in [2.24, 2.45) is 0 Å². The molecule has 0 unspecified atom stereocenters. The van der Waals surface area contributed by atoms with E-state index in [1.165, 1.54) is 16.7 Å². The maximum atomic E-state index is 10.7. The van der Waals surface area contributed by atoms with Crippen LogP contribution in [-0.4, -0.2) is 24.2 Å². The number of benzene rings is 1. The third-order valence-corrected chi connectivity index (χ3v) is 2.90. The van der Waals surface area contributed by atoms with E-state index < -0.39 is 5.97 Å². The van der Waals surface area contributed by atoms with Gasteiger partial charge in [0.1, 0.15) is 0 Å². The summed E-state index contributed by atoms with van der Waals surface area (Å²) in [6, 6.07) is 4.25. The Balaban J connectivity index is 3.04. The molecular formula is C15H21NO2. The molecule has 3 nitrogen and oxygen atoms in total. The van der Waals surface area contributed by atoms with Crippen molar-refractivity contribution < 1.29 is 9.90 Å². The minimum absolute atomic E-state index is 0.139. The smallest absolute Gasteiger partial charge is 0.305 e. The molecule has 0 saturated heterocycles. The molecule has 18 heavy (non-hydrogen) atoms. The van der Waals surface area contributed by atoms with Crippen LogP contribution in [0.4, 0.5) is 5.69 Å². The lowest BCUT2D eigenvalue weighted by Crippen LogP contribution is -2.27. The predicted molar refractivity (Wildman–Crippen MR) is 75.3 cm³/mol. The highest BCUT2D eigenvalue weighted by molar-refractivity contribution is 5.68. The van der Waals surface area contributed by atoms with E-state index in [0.717, 1.165) is 5.69 Å². The number of carbonyl (C=O) groups is 1. The van der Waals surface area contributed by atoms with E-state index in [-0.39, 0.29) is 6.42 Å². The van der Waals surface area contributed by atoms with Crippen molar-refractivity contribution in [1.29, 1.82) is 0 Å². The number of rotatable bonds is 6. The van der Waals surface area contributed by atoms with Gasteiger partial charge in [-0.1, -0.05) is 23.8 Å². The Morgan fingerprint density at radius 2 is 1.89 bits per heavy atom. The zero-order valence-corrected chi connectivity index (χ0v) is 11.4. The highest BCUT2D eigenvalue weighted by atomic mass is 16.4. The Morgan fingerprint density at radius 3 is 2.33 bits per heavy atom. The van der Waals surface area contributed by atoms with E-state index in [2.05, 4.69) is 44.4 Å². The molecule has 0 fully saturated rings. The summed E-state index contributed by atoms with van der Waals surface area (Å²) in [4.78, 5) is 12.8. The Bertz CT molecular complexity index is 429. The fraction of sp³-hybridized carbons (Fsp3) is 0.400. The molecule has 0 bridgehead atoms. The zero-order chi connectivity index (χ0) is 13.7. The molecular weight excluding hydrogens is 226 g/mol. The molecule has 0 heterocycles. The number of aryl methyl sites for hydroxylation is 3. The number of carboxylic acid groups (broad SMARTS) is 1. The maximum Gasteiger partial charge on any atom is 0.305 e. The lowest BCUT2D eigenvalue weighted by Gasteiger charge is -2.27. The molecule has 1 N–H and O–H groups in total. The first kappa shape index (κ1) is 14.3. The minimum atomic E-state index is -0.772. The molecule has 0 saturated carbocycles. The first-order valence-electron chi connectivity index (χ1n) is 6.11. The van der Waals surface area contributed by atoms with Gasteiger partial charge in [0.25, 0.3) is 0 Å². The van der Waals surface area contributed by atoms with Crippen molar-refractivity contribution in [3.05, 3.63) is 41.5 Å². The fourth-order valence-electron chi connectivity index (χ4n) is 2.35. The van der Waals surface area contributed by atoms with Gasteiger partial charge in [-0.2, -0.15) is 0 Å². The Labute approximate surface area is 109 Å². The lowest BCUT2D eigenvalue weighted by molar-refractivity contribution is -0.136. The Morgan fingerprint density at radius 1 is 1.33 bits per heavy atom. The first-order chi connectivity index (χ1) is 8.45. The summed E-state index contributed by atoms with van der Waals surface area (Å²) in [5, 5.41) is 8.81. The van der Waals surface area contributed by atoms with Gasteiger partial charge in [-0.05, 0) is 31.9 Å². The van der Waals surface area contributed by atoms with Crippen LogP contribution in [0.1, 0.15) is 23.1 Å². The van der Waals surface area contributed by atoms with Crippen LogP contribution in [0.25, 0.3) is 0 Å². The van der Waals surface area contributed by atoms with E-state index in [1.807, 2.05) is 0 Å². The fourth-order valence-corrected chi connectivity index (χ4v) is 2.35. The summed E-state index contributed by atoms with van der Waals surface area (Å²) in [5.74, 6) is -0.772. The van der Waals surface area contributed by atoms with Crippen LogP contribution in [0, 0.1) is 20.8 Å². The van der Waals surface area contributed by atoms with Crippen LogP contribution >= 0.6 is 0 Å². The summed E-state index contributed by atoms with van der Waals surface area (Å²) in [6.07, 6.45) is 1.95. The van der Waals surface area contributed by atoms with Gasteiger partial charge in [-0.25, -0.2) is 0 Å². The topological polar surface area (TPSA) is 40.5 Å². The monoisotopic (exact) mass is 247 g/mol. The number of aliphatic carboxylic acids is 1. The first-order valence-corrected chi connectivity index (χ1v) is 6.11. The van der Waals surface area contributed by atoms with Crippen molar-refractivity contribution in [2.75, 3.05) is 18.0 Å². The maximum absolute atomic E-state index is 10.7. The van der Waals surface area contributed by atoms with Gasteiger partial charge in [0.15, 0.2) is 0 Å². The molecule has 3 heteroatoms. The number of carboxylic acids is 1. The number of nitrogens with zero attached hydrogens (tertiary/aromatic N) is 1. The molecule has 0 spiro atoms. The van der Waals surface area contributed by atoms with Crippen LogP contribution in [0.5, 0.6) is 0 Å². The van der Waals surface area contributed by atoms with Crippen LogP contribution in [0.3, 0.4) is 0 Å². The summed E-state index contributed by atoms with van der Waals surface area (Å²) < 4.78 is 0. The van der Waals surface area contributed by atoms with Gasteiger partial charge >= 0.3 is 5.97 Å². The number of hydrogen-bond acceptors (Lipinski definition) is 2. The zero-order valence-electron chi connectivity index (χ0n) is 11.4. The minimum Gasteiger partial charge on any atom is -0.481 e. The standard InChI is InChI=1S/C15H21NO2/c1-5-7-16(8-6-14(17)18)15-12(3)9-11(2)10-13(15)4/h5,9-10H,1,6-8H2,2-4H3,(H,17,18). The van der Waals surface area contributed by atoms with E-state index in [9.17, 15) is 4.79 Å². The number of anilines is 1. The molecule has 98 valence electrons. The van der Waals surface area contributed by atoms with Crippen molar-refractivity contribution >= 4 is 11.7 Å². The lowest BCUT2D eigenvalue weighted by atomic mass is 10.0. The molecule has 0 amide bonds. The van der Waals surface area contributed by atoms with Gasteiger partial charge in [-0.3, -0.25) is 4.79 Å². The Kier molecular flexibility index (Phi) is 4.95. The second-order valence-corrected chi connectivity index (χ2v) is 4.63. The van der Waals surface area contributed by atoms with Crippen LogP contribution in [-0.2, 0) is 4.79 Å². The SMILES string of the molecule is C=CCN(CCC(=O)O)c1c(C)cc(C)cc1C. The van der Waals surface area contributed by atoms with Gasteiger partial charge in [-0.15, -0.1) is 6.58 Å². The summed E-state index contributed by atoms with van der Waals surface area (Å²) in [6.45, 7) is 11.1. The molecule has 1 aromatic rings. The van der Waals surface area contributed by atoms with E-state index >= 15 is 0 Å². The quantitative estimate of drug-likeness (QED) is 0.785. The summed E-state index contributed by atoms with van der Waals surface area (Å²) in [7, 11) is 0. The molecule has 0 radical (unpaired) electrons. The van der Waals surface area contributed by atoms with E-state index in [4.69, 9.17) is 5.11 Å². The van der Waals surface area contributed by atoms with Crippen molar-refractivity contribution in [2.45, 2.75) is 27.2 Å². The summed E-state index contributed by atoms with van der Waals surface area (Å²) >= 11 is 0. The molecule has 1 aromatic carbocycles. The molecule has 0 aromatic heterocycles. The largest absolute Gasteiger partial charge is 0.481 e. The predicted octanol–water partition coefficient (Wildman–Crippen LogP) is 3.08. The molecule has 0 atom stereocenters. The highest BCUT2D eigenvalue weighted by Crippen LogP contribution is 2.26. The van der Waals surface area contributed by atoms with Crippen LogP contribution in [0.15, 0.2) is 24.8 Å². The van der Waals surface area contributed by atoms with Crippen molar-refractivity contribution in [3.63, 3.8) is 0 Å². The van der Waals surface area contributed by atoms with Gasteiger partial charge in [0, 0.05) is 18.8 Å². The van der Waals surface area contributed by atoms with Crippen LogP contribution in [0.2, 0.25) is 0 Å². The van der Waals surface area contributed by atoms with Gasteiger partial charge in [0.2, 0.25) is 0 Å². The van der Waals surface area contributed by atoms with E-state index in [0.29, 0.717) is 13.1 Å². The average molecular weight is 247 g/mol. The molecule has 1 rings (SSSR count). The number of hydrogen-bond donors (Lipinski definition) is 1. The third kappa shape index (κ3) is 3.62. The van der Waals surface area contributed by atoms with Crippen LogP contribution < -0.4 is 4.90 Å². The summed E-state index contributed by atoms with van der Waals surface area (Å²) in [5.41, 5.74) is 4.71. The van der Waals surface area contributed by atoms with E-state index in [1.54, 1.807) is 6.08 Å². The average Bonchev–Trinajstić information content (AvgIpc) is 2.24. The van der Waals surface area contributed by atoms with Gasteiger partial charge in [0.05, 0.1) is 6.42 Å². The van der Waals surface area contributed by atoms with Crippen molar-refractivity contribution in [1.82, 2.24) is 0 Å².